The lowest BCUT2D eigenvalue weighted by Gasteiger charge is -2.44. The predicted molar refractivity (Wildman–Crippen MR) is 61.7 cm³/mol. The number of rotatable bonds is 2. The fourth-order valence-electron chi connectivity index (χ4n) is 2.28. The largest absolute Gasteiger partial charge is 0.465 e. The third-order valence-electron chi connectivity index (χ3n) is 2.95. The Morgan fingerprint density at radius 1 is 1.50 bits per heavy atom. The van der Waals surface area contributed by atoms with E-state index in [2.05, 4.69) is 5.32 Å². The second kappa shape index (κ2) is 5.01. The molecule has 5 heteroatoms. The third kappa shape index (κ3) is 2.86. The van der Waals surface area contributed by atoms with Crippen molar-refractivity contribution < 1.29 is 14.6 Å². The van der Waals surface area contributed by atoms with Gasteiger partial charge in [0.1, 0.15) is 0 Å². The zero-order valence-corrected chi connectivity index (χ0v) is 10.5. The van der Waals surface area contributed by atoms with Gasteiger partial charge < -0.3 is 15.2 Å². The lowest BCUT2D eigenvalue weighted by atomic mass is 9.96. The van der Waals surface area contributed by atoms with Gasteiger partial charge in [0.25, 0.3) is 0 Å². The van der Waals surface area contributed by atoms with E-state index in [1.165, 1.54) is 4.90 Å². The van der Waals surface area contributed by atoms with Crippen molar-refractivity contribution in [2.45, 2.75) is 44.9 Å². The maximum absolute atomic E-state index is 11.3. The highest BCUT2D eigenvalue weighted by molar-refractivity contribution is 5.66. The number of methoxy groups -OCH3 is 1. The molecular weight excluding hydrogens is 208 g/mol. The van der Waals surface area contributed by atoms with Crippen LogP contribution in [0.25, 0.3) is 0 Å². The molecule has 0 aromatic rings. The normalized spacial score (nSPS) is 26.5. The van der Waals surface area contributed by atoms with Gasteiger partial charge in [-0.05, 0) is 33.7 Å². The van der Waals surface area contributed by atoms with Crippen molar-refractivity contribution in [1.29, 1.82) is 0 Å². The van der Waals surface area contributed by atoms with Crippen LogP contribution in [-0.2, 0) is 4.74 Å². The van der Waals surface area contributed by atoms with Crippen LogP contribution in [0.5, 0.6) is 0 Å². The maximum Gasteiger partial charge on any atom is 0.408 e. The highest BCUT2D eigenvalue weighted by Gasteiger charge is 2.38. The van der Waals surface area contributed by atoms with Crippen molar-refractivity contribution in [3.05, 3.63) is 0 Å². The van der Waals surface area contributed by atoms with Crippen molar-refractivity contribution >= 4 is 6.09 Å². The van der Waals surface area contributed by atoms with Crippen molar-refractivity contribution in [2.75, 3.05) is 20.2 Å². The monoisotopic (exact) mass is 230 g/mol. The molecule has 0 aromatic heterocycles. The van der Waals surface area contributed by atoms with Gasteiger partial charge in [-0.25, -0.2) is 4.79 Å². The molecule has 1 fully saturated rings. The topological polar surface area (TPSA) is 61.8 Å². The average molecular weight is 230 g/mol. The van der Waals surface area contributed by atoms with Gasteiger partial charge in [-0.2, -0.15) is 0 Å². The summed E-state index contributed by atoms with van der Waals surface area (Å²) in [7, 11) is 1.64. The van der Waals surface area contributed by atoms with Crippen LogP contribution >= 0.6 is 0 Å². The van der Waals surface area contributed by atoms with Gasteiger partial charge in [0.2, 0.25) is 0 Å². The molecule has 94 valence electrons. The van der Waals surface area contributed by atoms with Gasteiger partial charge in [-0.15, -0.1) is 0 Å². The highest BCUT2D eigenvalue weighted by atomic mass is 16.5. The molecule has 5 nitrogen and oxygen atoms in total. The summed E-state index contributed by atoms with van der Waals surface area (Å²) in [5.41, 5.74) is -0.410. The number of ether oxygens (including phenoxy) is 1. The van der Waals surface area contributed by atoms with E-state index in [4.69, 9.17) is 4.74 Å². The molecule has 1 rings (SSSR count). The minimum absolute atomic E-state index is 0.0171. The molecule has 0 bridgehead atoms. The first kappa shape index (κ1) is 13.3. The van der Waals surface area contributed by atoms with Gasteiger partial charge >= 0.3 is 6.09 Å². The molecule has 0 radical (unpaired) electrons. The van der Waals surface area contributed by atoms with E-state index in [1.54, 1.807) is 7.11 Å². The summed E-state index contributed by atoms with van der Waals surface area (Å²) < 4.78 is 5.39. The molecule has 1 amide bonds. The number of carbonyl (C=O) groups is 1. The van der Waals surface area contributed by atoms with Crippen LogP contribution in [0.2, 0.25) is 0 Å². The van der Waals surface area contributed by atoms with Gasteiger partial charge in [0.05, 0.1) is 12.1 Å². The minimum atomic E-state index is -0.886. The van der Waals surface area contributed by atoms with Crippen molar-refractivity contribution in [3.63, 3.8) is 0 Å². The van der Waals surface area contributed by atoms with E-state index in [0.717, 1.165) is 13.0 Å². The summed E-state index contributed by atoms with van der Waals surface area (Å²) in [5, 5.41) is 12.5. The fraction of sp³-hybridized carbons (Fsp3) is 0.909. The zero-order valence-electron chi connectivity index (χ0n) is 10.5. The number of hydrogen-bond donors (Lipinski definition) is 2. The number of hydrogen-bond acceptors (Lipinski definition) is 3. The Kier molecular flexibility index (Phi) is 4.15. The zero-order chi connectivity index (χ0) is 12.3. The first-order valence-corrected chi connectivity index (χ1v) is 5.63. The van der Waals surface area contributed by atoms with Crippen molar-refractivity contribution in [2.24, 2.45) is 0 Å². The highest BCUT2D eigenvalue weighted by Crippen LogP contribution is 2.23. The van der Waals surface area contributed by atoms with Crippen LogP contribution in [0.15, 0.2) is 0 Å². The molecule has 1 aliphatic rings. The molecule has 1 aliphatic heterocycles. The lowest BCUT2D eigenvalue weighted by molar-refractivity contribution is -0.0268. The molecule has 2 atom stereocenters. The Labute approximate surface area is 96.8 Å². The second-order valence-electron chi connectivity index (χ2n) is 5.16. The van der Waals surface area contributed by atoms with Gasteiger partial charge in [-0.1, -0.05) is 0 Å². The summed E-state index contributed by atoms with van der Waals surface area (Å²) >= 11 is 0. The Balaban J connectivity index is 2.87. The number of carboxylic acid groups (broad SMARTS) is 1. The van der Waals surface area contributed by atoms with Crippen LogP contribution in [0.1, 0.15) is 27.2 Å². The van der Waals surface area contributed by atoms with Crippen LogP contribution < -0.4 is 5.32 Å². The fourth-order valence-corrected chi connectivity index (χ4v) is 2.28. The van der Waals surface area contributed by atoms with Crippen LogP contribution in [0.4, 0.5) is 4.79 Å². The molecule has 1 heterocycles. The van der Waals surface area contributed by atoms with Crippen LogP contribution in [0, 0.1) is 0 Å². The molecule has 16 heavy (non-hydrogen) atoms. The van der Waals surface area contributed by atoms with Gasteiger partial charge in [0, 0.05) is 19.2 Å². The Bertz CT molecular complexity index is 250. The Morgan fingerprint density at radius 3 is 2.56 bits per heavy atom. The average Bonchev–Trinajstić information content (AvgIpc) is 2.15. The predicted octanol–water partition coefficient (Wildman–Crippen LogP) is 1.14. The molecule has 0 spiro atoms. The minimum Gasteiger partial charge on any atom is -0.465 e. The molecule has 0 aromatic carbocycles. The van der Waals surface area contributed by atoms with E-state index in [1.807, 2.05) is 20.8 Å². The molecule has 1 saturated heterocycles. The number of amides is 1. The molecule has 2 N–H and O–H groups in total. The summed E-state index contributed by atoms with van der Waals surface area (Å²) in [6.45, 7) is 7.25. The van der Waals surface area contributed by atoms with Gasteiger partial charge in [-0.3, -0.25) is 4.90 Å². The first-order valence-electron chi connectivity index (χ1n) is 5.63. The summed E-state index contributed by atoms with van der Waals surface area (Å²) in [5.74, 6) is 0. The molecular formula is C11H22N2O3. The SMILES string of the molecule is CO[C@H]1CCNC[C@@H]1N(C(=O)O)C(C)(C)C. The Hall–Kier alpha value is -0.810. The van der Waals surface area contributed by atoms with Crippen LogP contribution in [-0.4, -0.2) is 54.0 Å². The van der Waals surface area contributed by atoms with Crippen molar-refractivity contribution in [3.8, 4) is 0 Å². The van der Waals surface area contributed by atoms with E-state index < -0.39 is 11.6 Å². The smallest absolute Gasteiger partial charge is 0.408 e. The summed E-state index contributed by atoms with van der Waals surface area (Å²) in [6.07, 6.45) is -0.0547. The van der Waals surface area contributed by atoms with Crippen molar-refractivity contribution in [1.82, 2.24) is 10.2 Å². The molecule has 0 aliphatic carbocycles. The second-order valence-corrected chi connectivity index (χ2v) is 5.16. The number of piperidine rings is 1. The molecule has 0 saturated carbocycles. The maximum atomic E-state index is 11.3. The van der Waals surface area contributed by atoms with E-state index >= 15 is 0 Å². The lowest BCUT2D eigenvalue weighted by Crippen LogP contribution is -2.61. The van der Waals surface area contributed by atoms with Crippen LogP contribution in [0.3, 0.4) is 0 Å². The van der Waals surface area contributed by atoms with Gasteiger partial charge in [0.15, 0.2) is 0 Å². The Morgan fingerprint density at radius 2 is 2.12 bits per heavy atom. The number of nitrogens with zero attached hydrogens (tertiary/aromatic N) is 1. The standard InChI is InChI=1S/C11H22N2O3/c1-11(2,3)13(10(14)15)8-7-12-6-5-9(8)16-4/h8-9,12H,5-7H2,1-4H3,(H,14,15)/t8-,9-/m0/s1. The van der Waals surface area contributed by atoms with E-state index in [9.17, 15) is 9.90 Å². The summed E-state index contributed by atoms with van der Waals surface area (Å²) in [6, 6.07) is -0.115. The number of nitrogens with one attached hydrogen (secondary N) is 1. The van der Waals surface area contributed by atoms with E-state index in [-0.39, 0.29) is 12.1 Å². The van der Waals surface area contributed by atoms with E-state index in [0.29, 0.717) is 6.54 Å². The quantitative estimate of drug-likeness (QED) is 0.747. The first-order chi connectivity index (χ1) is 7.38. The summed E-state index contributed by atoms with van der Waals surface area (Å²) in [4.78, 5) is 12.8. The third-order valence-corrected chi connectivity index (χ3v) is 2.95. The molecule has 0 unspecified atom stereocenters.